The third-order valence-corrected chi connectivity index (χ3v) is 3.72. The second kappa shape index (κ2) is 4.40. The fourth-order valence-electron chi connectivity index (χ4n) is 0.999. The van der Waals surface area contributed by atoms with E-state index in [1.54, 1.807) is 6.92 Å². The number of aryl methyl sites for hydroxylation is 2. The Balaban J connectivity index is 2.78. The van der Waals surface area contributed by atoms with Crippen molar-refractivity contribution >= 4 is 24.9 Å². The smallest absolute Gasteiger partial charge is 0.365 e. The van der Waals surface area contributed by atoms with Gasteiger partial charge in [0.25, 0.3) is 0 Å². The standard InChI is InChI=1S/C7H10NO5PS/c1-4-5(2-3-14(11,12)13)15-6(8-4)7(9)10/h2-3H2,1H3,(H,9,10)(H2,11,12,13). The van der Waals surface area contributed by atoms with Gasteiger partial charge in [0.15, 0.2) is 0 Å². The van der Waals surface area contributed by atoms with Crippen LogP contribution in [0.4, 0.5) is 0 Å². The van der Waals surface area contributed by atoms with E-state index in [1.165, 1.54) is 0 Å². The molecule has 0 aromatic carbocycles. The monoisotopic (exact) mass is 251 g/mol. The van der Waals surface area contributed by atoms with Gasteiger partial charge < -0.3 is 14.9 Å². The summed E-state index contributed by atoms with van der Waals surface area (Å²) in [4.78, 5) is 32.3. The van der Waals surface area contributed by atoms with Gasteiger partial charge in [-0.15, -0.1) is 11.3 Å². The predicted octanol–water partition coefficient (Wildman–Crippen LogP) is 0.870. The Morgan fingerprint density at radius 3 is 2.53 bits per heavy atom. The quantitative estimate of drug-likeness (QED) is 0.685. The van der Waals surface area contributed by atoms with E-state index in [0.717, 1.165) is 11.3 Å². The van der Waals surface area contributed by atoms with Gasteiger partial charge in [-0.2, -0.15) is 0 Å². The number of carboxylic acid groups (broad SMARTS) is 1. The maximum absolute atomic E-state index is 10.6. The van der Waals surface area contributed by atoms with Crippen molar-refractivity contribution < 1.29 is 24.3 Å². The molecule has 1 aromatic rings. The van der Waals surface area contributed by atoms with E-state index in [9.17, 15) is 9.36 Å². The Labute approximate surface area is 89.8 Å². The molecule has 0 fully saturated rings. The van der Waals surface area contributed by atoms with Gasteiger partial charge in [-0.3, -0.25) is 4.57 Å². The summed E-state index contributed by atoms with van der Waals surface area (Å²) in [6.45, 7) is 1.62. The number of nitrogens with zero attached hydrogens (tertiary/aromatic N) is 1. The molecular weight excluding hydrogens is 241 g/mol. The maximum Gasteiger partial charge on any atom is 0.365 e. The second-order valence-corrected chi connectivity index (χ2v) is 5.83. The highest BCUT2D eigenvalue weighted by atomic mass is 32.1. The average molecular weight is 251 g/mol. The van der Waals surface area contributed by atoms with Crippen molar-refractivity contribution in [1.29, 1.82) is 0 Å². The van der Waals surface area contributed by atoms with Crippen LogP contribution in [-0.2, 0) is 11.0 Å². The summed E-state index contributed by atoms with van der Waals surface area (Å²) in [6.07, 6.45) is -0.129. The first kappa shape index (κ1) is 12.3. The van der Waals surface area contributed by atoms with Gasteiger partial charge in [-0.25, -0.2) is 9.78 Å². The molecule has 15 heavy (non-hydrogen) atoms. The largest absolute Gasteiger partial charge is 0.476 e. The maximum atomic E-state index is 10.6. The van der Waals surface area contributed by atoms with Crippen molar-refractivity contribution in [3.63, 3.8) is 0 Å². The number of aromatic carboxylic acids is 1. The van der Waals surface area contributed by atoms with Crippen LogP contribution in [0, 0.1) is 6.92 Å². The van der Waals surface area contributed by atoms with Crippen LogP contribution in [0.1, 0.15) is 20.4 Å². The first-order chi connectivity index (χ1) is 6.79. The lowest BCUT2D eigenvalue weighted by Crippen LogP contribution is -1.94. The van der Waals surface area contributed by atoms with Crippen LogP contribution in [0.3, 0.4) is 0 Å². The number of thiazole rings is 1. The molecule has 0 aliphatic rings. The molecule has 0 unspecified atom stereocenters. The molecule has 6 nitrogen and oxygen atoms in total. The molecule has 0 saturated heterocycles. The van der Waals surface area contributed by atoms with Gasteiger partial charge in [0.05, 0.1) is 11.9 Å². The average Bonchev–Trinajstić information content (AvgIpc) is 2.42. The molecular formula is C7H10NO5PS. The topological polar surface area (TPSA) is 108 Å². The summed E-state index contributed by atoms with van der Waals surface area (Å²) in [5, 5.41) is 8.60. The van der Waals surface area contributed by atoms with Crippen molar-refractivity contribution in [2.24, 2.45) is 0 Å². The van der Waals surface area contributed by atoms with Crippen LogP contribution < -0.4 is 0 Å². The van der Waals surface area contributed by atoms with Gasteiger partial charge in [-0.1, -0.05) is 0 Å². The van der Waals surface area contributed by atoms with E-state index in [0.29, 0.717) is 10.6 Å². The molecule has 0 aliphatic carbocycles. The zero-order chi connectivity index (χ0) is 11.6. The van der Waals surface area contributed by atoms with Gasteiger partial charge >= 0.3 is 13.6 Å². The minimum Gasteiger partial charge on any atom is -0.476 e. The molecule has 8 heteroatoms. The highest BCUT2D eigenvalue weighted by Gasteiger charge is 2.17. The Hall–Kier alpha value is -0.750. The Kier molecular flexibility index (Phi) is 3.62. The minimum atomic E-state index is -4.03. The van der Waals surface area contributed by atoms with Crippen molar-refractivity contribution in [3.8, 4) is 0 Å². The predicted molar refractivity (Wildman–Crippen MR) is 54.4 cm³/mol. The first-order valence-corrected chi connectivity index (χ1v) is 6.65. The summed E-state index contributed by atoms with van der Waals surface area (Å²) >= 11 is 0.954. The van der Waals surface area contributed by atoms with Crippen LogP contribution in [0.2, 0.25) is 0 Å². The number of carbonyl (C=O) groups is 1. The molecule has 1 rings (SSSR count). The number of rotatable bonds is 4. The van der Waals surface area contributed by atoms with Gasteiger partial charge in [0, 0.05) is 4.88 Å². The molecule has 1 aromatic heterocycles. The normalized spacial score (nSPS) is 11.7. The summed E-state index contributed by atoms with van der Waals surface area (Å²) in [7, 11) is -4.03. The molecule has 84 valence electrons. The third kappa shape index (κ3) is 3.71. The van der Waals surface area contributed by atoms with Gasteiger partial charge in [-0.05, 0) is 13.3 Å². The number of aromatic nitrogens is 1. The van der Waals surface area contributed by atoms with Crippen LogP contribution in [0.15, 0.2) is 0 Å². The highest BCUT2D eigenvalue weighted by Crippen LogP contribution is 2.36. The van der Waals surface area contributed by atoms with E-state index >= 15 is 0 Å². The molecule has 0 amide bonds. The molecule has 0 saturated carbocycles. The summed E-state index contributed by atoms with van der Waals surface area (Å²) in [6, 6.07) is 0. The lowest BCUT2D eigenvalue weighted by atomic mass is 10.3. The second-order valence-electron chi connectivity index (χ2n) is 2.97. The van der Waals surface area contributed by atoms with Crippen LogP contribution >= 0.6 is 18.9 Å². The van der Waals surface area contributed by atoms with Gasteiger partial charge in [0.1, 0.15) is 0 Å². The van der Waals surface area contributed by atoms with Crippen molar-refractivity contribution in [2.75, 3.05) is 6.16 Å². The Morgan fingerprint density at radius 2 is 2.13 bits per heavy atom. The highest BCUT2D eigenvalue weighted by molar-refractivity contribution is 7.51. The van der Waals surface area contributed by atoms with E-state index in [2.05, 4.69) is 4.98 Å². The Morgan fingerprint density at radius 1 is 1.53 bits per heavy atom. The first-order valence-electron chi connectivity index (χ1n) is 4.04. The molecule has 3 N–H and O–H groups in total. The minimum absolute atomic E-state index is 0.0480. The third-order valence-electron chi connectivity index (χ3n) is 1.71. The molecule has 0 aliphatic heterocycles. The number of carboxylic acids is 1. The summed E-state index contributed by atoms with van der Waals surface area (Å²) in [5.41, 5.74) is 0.519. The number of hydrogen-bond donors (Lipinski definition) is 3. The molecule has 1 heterocycles. The zero-order valence-corrected chi connectivity index (χ0v) is 9.59. The van der Waals surface area contributed by atoms with E-state index in [4.69, 9.17) is 14.9 Å². The Bertz CT molecular complexity index is 423. The lowest BCUT2D eigenvalue weighted by Gasteiger charge is -2.01. The van der Waals surface area contributed by atoms with Crippen LogP contribution in [-0.4, -0.2) is 32.0 Å². The van der Waals surface area contributed by atoms with Crippen molar-refractivity contribution in [1.82, 2.24) is 4.98 Å². The fraction of sp³-hybridized carbons (Fsp3) is 0.429. The number of hydrogen-bond acceptors (Lipinski definition) is 4. The lowest BCUT2D eigenvalue weighted by molar-refractivity contribution is 0.0696. The molecule has 0 atom stereocenters. The summed E-state index contributed by atoms with van der Waals surface area (Å²) < 4.78 is 10.6. The SMILES string of the molecule is Cc1nc(C(=O)O)sc1CCP(=O)(O)O. The van der Waals surface area contributed by atoms with E-state index in [1.807, 2.05) is 0 Å². The van der Waals surface area contributed by atoms with Crippen LogP contribution in [0.5, 0.6) is 0 Å². The van der Waals surface area contributed by atoms with E-state index in [-0.39, 0.29) is 17.6 Å². The van der Waals surface area contributed by atoms with Crippen LogP contribution in [0.25, 0.3) is 0 Å². The fourth-order valence-corrected chi connectivity index (χ4v) is 2.57. The molecule has 0 radical (unpaired) electrons. The zero-order valence-electron chi connectivity index (χ0n) is 7.88. The molecule has 0 bridgehead atoms. The van der Waals surface area contributed by atoms with Gasteiger partial charge in [0.2, 0.25) is 5.01 Å². The van der Waals surface area contributed by atoms with E-state index < -0.39 is 13.6 Å². The van der Waals surface area contributed by atoms with Crippen molar-refractivity contribution in [3.05, 3.63) is 15.6 Å². The summed E-state index contributed by atoms with van der Waals surface area (Å²) in [5.74, 6) is -1.12. The van der Waals surface area contributed by atoms with Crippen molar-refractivity contribution in [2.45, 2.75) is 13.3 Å². The molecule has 0 spiro atoms.